The maximum atomic E-state index is 11.8. The Hall–Kier alpha value is -2.84. The third kappa shape index (κ3) is 13.3. The van der Waals surface area contributed by atoms with E-state index >= 15 is 0 Å². The molecule has 0 fully saturated rings. The summed E-state index contributed by atoms with van der Waals surface area (Å²) in [5.74, 6) is -0.172. The normalized spacial score (nSPS) is 11.0. The molecule has 0 unspecified atom stereocenters. The maximum absolute atomic E-state index is 11.8. The molecule has 1 heterocycles. The summed E-state index contributed by atoms with van der Waals surface area (Å²) in [5.41, 5.74) is 4.13. The molecule has 0 saturated carbocycles. The van der Waals surface area contributed by atoms with Gasteiger partial charge >= 0.3 is 0 Å². The average molecular weight is 475 g/mol. The van der Waals surface area contributed by atoms with Crippen LogP contribution in [0.1, 0.15) is 67.3 Å². The van der Waals surface area contributed by atoms with E-state index in [0.717, 1.165) is 24.8 Å². The Bertz CT molecular complexity index is 987. The summed E-state index contributed by atoms with van der Waals surface area (Å²) in [7, 11) is -2.13. The Morgan fingerprint density at radius 1 is 1.06 bits per heavy atom. The van der Waals surface area contributed by atoms with Gasteiger partial charge in [0.15, 0.2) is 12.4 Å². The minimum absolute atomic E-state index is 0.0666. The molecule has 0 spiro atoms. The highest BCUT2D eigenvalue weighted by atomic mass is 32.2. The van der Waals surface area contributed by atoms with E-state index < -0.39 is 10.1 Å². The molecule has 0 aliphatic carbocycles. The summed E-state index contributed by atoms with van der Waals surface area (Å²) in [5, 5.41) is 3.99. The lowest BCUT2D eigenvalue weighted by molar-refractivity contribution is -0.671. The van der Waals surface area contributed by atoms with Crippen LogP contribution in [0.4, 0.5) is 0 Å². The zero-order valence-electron chi connectivity index (χ0n) is 19.6. The van der Waals surface area contributed by atoms with Crippen molar-refractivity contribution in [3.05, 3.63) is 72.6 Å². The smallest absolute Gasteiger partial charge is 0.282 e. The summed E-state index contributed by atoms with van der Waals surface area (Å²) in [6.45, 7) is 5.57. The van der Waals surface area contributed by atoms with Crippen molar-refractivity contribution in [2.45, 2.75) is 63.2 Å². The molecule has 1 aromatic carbocycles. The largest absolute Gasteiger partial charge is 0.294 e. The van der Waals surface area contributed by atoms with Crippen LogP contribution in [0.3, 0.4) is 0 Å². The number of aromatic nitrogens is 1. The summed E-state index contributed by atoms with van der Waals surface area (Å²) in [6, 6.07) is 9.60. The van der Waals surface area contributed by atoms with Crippen molar-refractivity contribution in [3.8, 4) is 0 Å². The topological polar surface area (TPSA) is 99.7 Å². The van der Waals surface area contributed by atoms with Crippen LogP contribution in [0.5, 0.6) is 0 Å². The van der Waals surface area contributed by atoms with Gasteiger partial charge in [-0.15, -0.1) is 6.58 Å². The van der Waals surface area contributed by atoms with Gasteiger partial charge in [-0.05, 0) is 50.8 Å². The second kappa shape index (κ2) is 15.9. The van der Waals surface area contributed by atoms with E-state index in [2.05, 4.69) is 17.1 Å². The maximum Gasteiger partial charge on any atom is 0.294 e. The average Bonchev–Trinajstić information content (AvgIpc) is 2.77. The minimum atomic E-state index is -4.02. The number of carbonyl (C=O) groups is 1. The number of amides is 1. The Labute approximate surface area is 198 Å². The Morgan fingerprint density at radius 3 is 2.24 bits per heavy atom. The number of nitrogens with one attached hydrogen (secondary N) is 1. The van der Waals surface area contributed by atoms with Crippen LogP contribution >= 0.6 is 0 Å². The fourth-order valence-electron chi connectivity index (χ4n) is 2.90. The molecule has 8 heteroatoms. The van der Waals surface area contributed by atoms with Crippen LogP contribution in [-0.4, -0.2) is 25.1 Å². The lowest BCUT2D eigenvalue weighted by Gasteiger charge is -1.99. The van der Waals surface area contributed by atoms with Crippen molar-refractivity contribution in [2.24, 2.45) is 12.1 Å². The second-order valence-electron chi connectivity index (χ2n) is 7.79. The monoisotopic (exact) mass is 474 g/mol. The summed E-state index contributed by atoms with van der Waals surface area (Å²) in [6.07, 6.45) is 17.0. The first kappa shape index (κ1) is 28.2. The molecule has 2 rings (SSSR count). The first-order valence-electron chi connectivity index (χ1n) is 11.2. The van der Waals surface area contributed by atoms with Crippen LogP contribution in [0.15, 0.2) is 71.4 Å². The molecule has 0 bridgehead atoms. The number of unbranched alkanes of at least 4 members (excludes halogenated alkanes) is 7. The Morgan fingerprint density at radius 2 is 1.67 bits per heavy atom. The third-order valence-electron chi connectivity index (χ3n) is 4.77. The first-order valence-corrected chi connectivity index (χ1v) is 12.6. The number of nitrogens with zero attached hydrogens (tertiary/aromatic N) is 2. The fourth-order valence-corrected chi connectivity index (χ4v) is 3.38. The number of aryl methyl sites for hydroxylation is 2. The van der Waals surface area contributed by atoms with Gasteiger partial charge in [-0.25, -0.2) is 9.99 Å². The molecule has 0 saturated heterocycles. The van der Waals surface area contributed by atoms with Gasteiger partial charge < -0.3 is 0 Å². The van der Waals surface area contributed by atoms with Gasteiger partial charge in [0.2, 0.25) is 0 Å². The standard InChI is InChI=1S/C18H27N3O.C7H8O3S/c1-3-4-5-6-7-8-9-10-11-14-19-20-18(22)17-13-12-15-21(2)16-17;1-6-2-4-7(5-3-6)11(8,9)10/h3,12-16H,1,4-11H2,2H3;2-5H,1H3,(H,8,9,10)/p+1/b19-14+;. The molecule has 0 aliphatic heterocycles. The lowest BCUT2D eigenvalue weighted by Crippen LogP contribution is -2.29. The van der Waals surface area contributed by atoms with E-state index in [1.165, 1.54) is 44.2 Å². The molecule has 1 amide bonds. The molecule has 1 aromatic heterocycles. The van der Waals surface area contributed by atoms with E-state index in [-0.39, 0.29) is 10.8 Å². The quantitative estimate of drug-likeness (QED) is 0.115. The van der Waals surface area contributed by atoms with Gasteiger partial charge in [0.05, 0.1) is 4.90 Å². The second-order valence-corrected chi connectivity index (χ2v) is 9.21. The third-order valence-corrected chi connectivity index (χ3v) is 5.64. The molecular formula is C25H36N3O4S+. The molecule has 0 aliphatic rings. The minimum Gasteiger partial charge on any atom is -0.282 e. The van der Waals surface area contributed by atoms with Gasteiger partial charge in [0.1, 0.15) is 12.6 Å². The van der Waals surface area contributed by atoms with E-state index in [0.29, 0.717) is 5.56 Å². The zero-order chi connectivity index (χ0) is 24.5. The zero-order valence-corrected chi connectivity index (χ0v) is 20.4. The fraction of sp³-hybridized carbons (Fsp3) is 0.400. The van der Waals surface area contributed by atoms with Crippen molar-refractivity contribution >= 4 is 22.2 Å². The molecular weight excluding hydrogens is 438 g/mol. The predicted molar refractivity (Wildman–Crippen MR) is 132 cm³/mol. The number of allylic oxidation sites excluding steroid dienone is 1. The van der Waals surface area contributed by atoms with Crippen molar-refractivity contribution in [2.75, 3.05) is 0 Å². The van der Waals surface area contributed by atoms with Crippen LogP contribution in [-0.2, 0) is 17.2 Å². The lowest BCUT2D eigenvalue weighted by atomic mass is 10.1. The van der Waals surface area contributed by atoms with Crippen molar-refractivity contribution in [1.29, 1.82) is 0 Å². The number of rotatable bonds is 12. The van der Waals surface area contributed by atoms with Crippen molar-refractivity contribution in [1.82, 2.24) is 5.43 Å². The number of benzene rings is 1. The molecule has 0 atom stereocenters. The molecule has 180 valence electrons. The molecule has 2 N–H and O–H groups in total. The highest BCUT2D eigenvalue weighted by molar-refractivity contribution is 7.85. The molecule has 33 heavy (non-hydrogen) atoms. The number of pyridine rings is 1. The number of carbonyl (C=O) groups excluding carboxylic acids is 1. The van der Waals surface area contributed by atoms with Crippen LogP contribution < -0.4 is 9.99 Å². The van der Waals surface area contributed by atoms with Crippen LogP contribution in [0.2, 0.25) is 0 Å². The van der Waals surface area contributed by atoms with Gasteiger partial charge in [0.25, 0.3) is 16.0 Å². The van der Waals surface area contributed by atoms with E-state index in [9.17, 15) is 13.2 Å². The Balaban J connectivity index is 0.000000412. The van der Waals surface area contributed by atoms with E-state index in [4.69, 9.17) is 4.55 Å². The van der Waals surface area contributed by atoms with Crippen molar-refractivity contribution < 1.29 is 22.3 Å². The number of hydrogen-bond acceptors (Lipinski definition) is 4. The highest BCUT2D eigenvalue weighted by Crippen LogP contribution is 2.09. The summed E-state index contributed by atoms with van der Waals surface area (Å²) < 4.78 is 31.4. The van der Waals surface area contributed by atoms with Gasteiger partial charge in [-0.2, -0.15) is 13.5 Å². The highest BCUT2D eigenvalue weighted by Gasteiger charge is 2.07. The molecule has 0 radical (unpaired) electrons. The SMILES string of the molecule is C=CCCCCCCCC/C=N/NC(=O)c1ccc[n+](C)c1.Cc1ccc(S(=O)(=O)O)cc1. The molecule has 2 aromatic rings. The predicted octanol–water partition coefficient (Wildman–Crippen LogP) is 4.78. The molecule has 7 nitrogen and oxygen atoms in total. The van der Waals surface area contributed by atoms with E-state index in [1.54, 1.807) is 30.6 Å². The number of hydrogen-bond donors (Lipinski definition) is 2. The summed E-state index contributed by atoms with van der Waals surface area (Å²) >= 11 is 0. The van der Waals surface area contributed by atoms with Crippen LogP contribution in [0, 0.1) is 6.92 Å². The van der Waals surface area contributed by atoms with Gasteiger partial charge in [-0.3, -0.25) is 9.35 Å². The first-order chi connectivity index (χ1) is 15.7. The number of hydrazone groups is 1. The Kier molecular flexibility index (Phi) is 13.6. The van der Waals surface area contributed by atoms with Gasteiger partial charge in [-0.1, -0.05) is 49.5 Å². The van der Waals surface area contributed by atoms with Gasteiger partial charge in [0, 0.05) is 12.3 Å². The van der Waals surface area contributed by atoms with E-state index in [1.807, 2.05) is 36.9 Å². The summed E-state index contributed by atoms with van der Waals surface area (Å²) in [4.78, 5) is 11.7. The van der Waals surface area contributed by atoms with Crippen molar-refractivity contribution in [3.63, 3.8) is 0 Å². The van der Waals surface area contributed by atoms with Crippen LogP contribution in [0.25, 0.3) is 0 Å².